The van der Waals surface area contributed by atoms with Gasteiger partial charge >= 0.3 is 0 Å². The van der Waals surface area contributed by atoms with Crippen molar-refractivity contribution < 1.29 is 9.84 Å². The van der Waals surface area contributed by atoms with Gasteiger partial charge in [0, 0.05) is 50.0 Å². The third-order valence-electron chi connectivity index (χ3n) is 11.1. The van der Waals surface area contributed by atoms with Gasteiger partial charge in [0.1, 0.15) is 5.75 Å². The predicted octanol–water partition coefficient (Wildman–Crippen LogP) is 12.8. The molecule has 0 aliphatic carbocycles. The number of aromatic nitrogens is 2. The number of hydrogen-bond acceptors (Lipinski definition) is 3. The highest BCUT2D eigenvalue weighted by Gasteiger charge is 2.28. The van der Waals surface area contributed by atoms with Gasteiger partial charge in [0.05, 0.1) is 35.8 Å². The summed E-state index contributed by atoms with van der Waals surface area (Å²) in [6, 6.07) is 64.1. The molecule has 0 atom stereocenters. The van der Waals surface area contributed by atoms with E-state index in [1.54, 1.807) is 7.11 Å². The molecular formula is C51H39N3O2. The Morgan fingerprint density at radius 2 is 1.04 bits per heavy atom. The van der Waals surface area contributed by atoms with Crippen molar-refractivity contribution in [3.05, 3.63) is 193 Å². The van der Waals surface area contributed by atoms with E-state index < -0.39 is 0 Å². The zero-order valence-electron chi connectivity index (χ0n) is 31.2. The van der Waals surface area contributed by atoms with Crippen LogP contribution < -0.4 is 9.64 Å². The highest BCUT2D eigenvalue weighted by Crippen LogP contribution is 2.50. The summed E-state index contributed by atoms with van der Waals surface area (Å²) in [4.78, 5) is 2.32. The third-order valence-corrected chi connectivity index (χ3v) is 11.1. The minimum Gasteiger partial charge on any atom is -0.497 e. The fraction of sp³-hybridized carbons (Fsp3) is 0.0588. The molecule has 270 valence electrons. The molecule has 0 radical (unpaired) electrons. The molecule has 0 amide bonds. The Morgan fingerprint density at radius 1 is 0.518 bits per heavy atom. The van der Waals surface area contributed by atoms with Gasteiger partial charge < -0.3 is 23.9 Å². The van der Waals surface area contributed by atoms with Crippen molar-refractivity contribution in [1.82, 2.24) is 9.13 Å². The normalized spacial score (nSPS) is 11.6. The monoisotopic (exact) mass is 725 g/mol. The van der Waals surface area contributed by atoms with Gasteiger partial charge in [-0.1, -0.05) is 91.0 Å². The van der Waals surface area contributed by atoms with Crippen LogP contribution >= 0.6 is 0 Å². The van der Waals surface area contributed by atoms with Crippen molar-refractivity contribution in [2.75, 3.05) is 12.0 Å². The number of nitrogens with zero attached hydrogens (tertiary/aromatic N) is 3. The van der Waals surface area contributed by atoms with Crippen LogP contribution in [0, 0.1) is 6.92 Å². The molecule has 10 rings (SSSR count). The second-order valence-corrected chi connectivity index (χ2v) is 14.2. The highest BCUT2D eigenvalue weighted by molar-refractivity contribution is 6.29. The molecule has 8 aromatic carbocycles. The molecule has 0 fully saturated rings. The predicted molar refractivity (Wildman–Crippen MR) is 232 cm³/mol. The van der Waals surface area contributed by atoms with Gasteiger partial charge in [-0.3, -0.25) is 0 Å². The van der Waals surface area contributed by atoms with E-state index in [0.717, 1.165) is 89.1 Å². The molecule has 2 heterocycles. The van der Waals surface area contributed by atoms with Crippen LogP contribution in [0.5, 0.6) is 5.75 Å². The van der Waals surface area contributed by atoms with Gasteiger partial charge in [0.25, 0.3) is 0 Å². The molecule has 0 saturated carbocycles. The summed E-state index contributed by atoms with van der Waals surface area (Å²) in [7, 11) is 1.73. The molecule has 0 aliphatic heterocycles. The number of anilines is 3. The highest BCUT2D eigenvalue weighted by atomic mass is 16.5. The van der Waals surface area contributed by atoms with Crippen molar-refractivity contribution in [3.63, 3.8) is 0 Å². The van der Waals surface area contributed by atoms with Crippen LogP contribution in [0.3, 0.4) is 0 Å². The van der Waals surface area contributed by atoms with E-state index in [-0.39, 0.29) is 6.61 Å². The fourth-order valence-electron chi connectivity index (χ4n) is 8.68. The molecule has 0 spiro atoms. The average molecular weight is 726 g/mol. The van der Waals surface area contributed by atoms with E-state index in [0.29, 0.717) is 0 Å². The second-order valence-electron chi connectivity index (χ2n) is 14.2. The zero-order chi connectivity index (χ0) is 37.8. The Labute approximate surface area is 325 Å². The summed E-state index contributed by atoms with van der Waals surface area (Å²) in [6.07, 6.45) is 0. The maximum absolute atomic E-state index is 10.5. The SMILES string of the molecule is COc1ccc2c(c1)c1c(C)c(-c3cccc(N(c4ccccc4)c4ccccc4)c3)c3c4cc(CO)ccc4n(-c4ccccc4)c3c1n2-c1ccccc1. The van der Waals surface area contributed by atoms with Crippen molar-refractivity contribution in [2.45, 2.75) is 13.5 Å². The van der Waals surface area contributed by atoms with Crippen LogP contribution in [0.4, 0.5) is 17.1 Å². The smallest absolute Gasteiger partial charge is 0.119 e. The van der Waals surface area contributed by atoms with Gasteiger partial charge in [-0.25, -0.2) is 0 Å². The number of rotatable bonds is 8. The van der Waals surface area contributed by atoms with Gasteiger partial charge in [-0.05, 0) is 120 Å². The summed E-state index contributed by atoms with van der Waals surface area (Å²) < 4.78 is 10.7. The number of aliphatic hydroxyl groups is 1. The quantitative estimate of drug-likeness (QED) is 0.170. The number of ether oxygens (including phenoxy) is 1. The Bertz CT molecular complexity index is 3000. The lowest BCUT2D eigenvalue weighted by Crippen LogP contribution is -2.09. The number of aliphatic hydroxyl groups excluding tert-OH is 1. The molecule has 0 bridgehead atoms. The fourth-order valence-corrected chi connectivity index (χ4v) is 8.68. The van der Waals surface area contributed by atoms with E-state index in [1.807, 2.05) is 6.07 Å². The first-order valence-electron chi connectivity index (χ1n) is 19.0. The first-order valence-corrected chi connectivity index (χ1v) is 19.0. The Morgan fingerprint density at radius 3 is 1.61 bits per heavy atom. The molecule has 5 heteroatoms. The maximum Gasteiger partial charge on any atom is 0.119 e. The van der Waals surface area contributed by atoms with Gasteiger partial charge in [0.2, 0.25) is 0 Å². The second kappa shape index (κ2) is 13.6. The molecule has 1 N–H and O–H groups in total. The van der Waals surface area contributed by atoms with Crippen molar-refractivity contribution in [1.29, 1.82) is 0 Å². The van der Waals surface area contributed by atoms with Crippen molar-refractivity contribution >= 4 is 60.7 Å². The average Bonchev–Trinajstić information content (AvgIpc) is 3.78. The van der Waals surface area contributed by atoms with Crippen LogP contribution in [-0.4, -0.2) is 21.4 Å². The van der Waals surface area contributed by atoms with E-state index in [1.165, 1.54) is 10.9 Å². The summed E-state index contributed by atoms with van der Waals surface area (Å²) in [6.45, 7) is 2.22. The summed E-state index contributed by atoms with van der Waals surface area (Å²) in [5, 5.41) is 15.0. The van der Waals surface area contributed by atoms with E-state index >= 15 is 0 Å². The number of hydrogen-bond donors (Lipinski definition) is 1. The molecule has 0 aliphatic rings. The van der Waals surface area contributed by atoms with Gasteiger partial charge in [0.15, 0.2) is 0 Å². The zero-order valence-corrected chi connectivity index (χ0v) is 31.2. The number of para-hydroxylation sites is 4. The minimum absolute atomic E-state index is 0.0484. The first kappa shape index (κ1) is 33.5. The Hall–Kier alpha value is -7.08. The van der Waals surface area contributed by atoms with Crippen LogP contribution in [0.15, 0.2) is 182 Å². The molecule has 0 unspecified atom stereocenters. The number of aryl methyl sites for hydroxylation is 1. The lowest BCUT2D eigenvalue weighted by atomic mass is 9.90. The van der Waals surface area contributed by atoms with Gasteiger partial charge in [-0.2, -0.15) is 0 Å². The molecule has 10 aromatic rings. The molecule has 56 heavy (non-hydrogen) atoms. The summed E-state index contributed by atoms with van der Waals surface area (Å²) in [5.74, 6) is 0.810. The standard InChI is InChI=1S/C51H39N3O2/c1-34-47(36-16-15-25-41(31-36)52(37-17-7-3-8-18-37)38-19-9-4-10-20-38)49-43-30-35(33-55)26-28-45(43)54(40-23-13-6-14-24-40)51(49)50-48(34)44-32-42(56-2)27-29-46(44)53(50)39-21-11-5-12-22-39/h3-32,55H,33H2,1-2H3. The summed E-state index contributed by atoms with van der Waals surface area (Å²) >= 11 is 0. The third kappa shape index (κ3) is 5.28. The van der Waals surface area contributed by atoms with Crippen LogP contribution in [0.25, 0.3) is 66.1 Å². The van der Waals surface area contributed by atoms with Crippen LogP contribution in [0.2, 0.25) is 0 Å². The van der Waals surface area contributed by atoms with Gasteiger partial charge in [-0.15, -0.1) is 0 Å². The maximum atomic E-state index is 10.5. The van der Waals surface area contributed by atoms with E-state index in [9.17, 15) is 5.11 Å². The molecule has 5 nitrogen and oxygen atoms in total. The Kier molecular flexibility index (Phi) is 8.16. The lowest BCUT2D eigenvalue weighted by Gasteiger charge is -2.26. The number of methoxy groups -OCH3 is 1. The molecule has 2 aromatic heterocycles. The van der Waals surface area contributed by atoms with Crippen LogP contribution in [0.1, 0.15) is 11.1 Å². The minimum atomic E-state index is -0.0484. The largest absolute Gasteiger partial charge is 0.497 e. The van der Waals surface area contributed by atoms with Crippen molar-refractivity contribution in [3.8, 4) is 28.3 Å². The van der Waals surface area contributed by atoms with Crippen molar-refractivity contribution in [2.24, 2.45) is 0 Å². The first-order chi connectivity index (χ1) is 27.6. The molecular weight excluding hydrogens is 687 g/mol. The lowest BCUT2D eigenvalue weighted by molar-refractivity contribution is 0.282. The topological polar surface area (TPSA) is 42.6 Å². The number of fused-ring (bicyclic) bond motifs is 7. The summed E-state index contributed by atoms with van der Waals surface area (Å²) in [5.41, 5.74) is 14.1. The Balaban J connectivity index is 1.41. The van der Waals surface area contributed by atoms with Crippen LogP contribution in [-0.2, 0) is 6.61 Å². The molecule has 0 saturated heterocycles. The van der Waals surface area contributed by atoms with E-state index in [2.05, 4.69) is 197 Å². The number of benzene rings is 8. The van der Waals surface area contributed by atoms with E-state index in [4.69, 9.17) is 4.74 Å².